The minimum absolute atomic E-state index is 0.139. The zero-order chi connectivity index (χ0) is 21.1. The van der Waals surface area contributed by atoms with E-state index < -0.39 is 5.91 Å². The molecule has 0 aliphatic heterocycles. The molecule has 0 aliphatic rings. The first kappa shape index (κ1) is 19.4. The number of para-hydroxylation sites is 2. The molecule has 4 aromatic rings. The van der Waals surface area contributed by atoms with Gasteiger partial charge in [-0.1, -0.05) is 36.4 Å². The molecule has 0 saturated carbocycles. The molecular weight excluding hydrogens is 376 g/mol. The third kappa shape index (κ3) is 3.93. The van der Waals surface area contributed by atoms with E-state index in [1.165, 1.54) is 0 Å². The van der Waals surface area contributed by atoms with Gasteiger partial charge in [-0.15, -0.1) is 0 Å². The van der Waals surface area contributed by atoms with Crippen molar-refractivity contribution in [1.82, 2.24) is 9.55 Å². The summed E-state index contributed by atoms with van der Waals surface area (Å²) in [6.45, 7) is 1.88. The van der Waals surface area contributed by atoms with E-state index in [1.54, 1.807) is 6.07 Å². The Bertz CT molecular complexity index is 1270. The fourth-order valence-corrected chi connectivity index (χ4v) is 3.59. The van der Waals surface area contributed by atoms with Crippen LogP contribution in [0.5, 0.6) is 0 Å². The van der Waals surface area contributed by atoms with Crippen molar-refractivity contribution in [3.05, 3.63) is 94.4 Å². The normalized spacial score (nSPS) is 10.8. The predicted octanol–water partition coefficient (Wildman–Crippen LogP) is 3.86. The zero-order valence-electron chi connectivity index (χ0n) is 16.6. The average molecular weight is 398 g/mol. The van der Waals surface area contributed by atoms with E-state index in [0.29, 0.717) is 23.3 Å². The smallest absolute Gasteiger partial charge is 0.217 e. The summed E-state index contributed by atoms with van der Waals surface area (Å²) in [5.74, 6) is 0.230. The van der Waals surface area contributed by atoms with E-state index >= 15 is 0 Å². The first-order valence-electron chi connectivity index (χ1n) is 9.75. The van der Waals surface area contributed by atoms with Crippen LogP contribution in [-0.2, 0) is 11.2 Å². The molecule has 1 amide bonds. The van der Waals surface area contributed by atoms with Gasteiger partial charge in [-0.05, 0) is 43.7 Å². The quantitative estimate of drug-likeness (QED) is 0.516. The topological polar surface area (TPSA) is 90.0 Å². The van der Waals surface area contributed by atoms with Gasteiger partial charge in [0.15, 0.2) is 5.43 Å². The third-order valence-electron chi connectivity index (χ3n) is 4.87. The zero-order valence-corrected chi connectivity index (χ0v) is 16.6. The molecule has 0 bridgehead atoms. The maximum Gasteiger partial charge on any atom is 0.217 e. The highest BCUT2D eigenvalue weighted by molar-refractivity contribution is 5.87. The minimum Gasteiger partial charge on any atom is -0.370 e. The van der Waals surface area contributed by atoms with E-state index in [9.17, 15) is 9.59 Å². The third-order valence-corrected chi connectivity index (χ3v) is 4.87. The van der Waals surface area contributed by atoms with Gasteiger partial charge in [0.2, 0.25) is 5.91 Å². The molecule has 0 radical (unpaired) electrons. The molecule has 6 nitrogen and oxygen atoms in total. The molecule has 0 aliphatic carbocycles. The molecule has 3 N–H and O–H groups in total. The first-order valence-corrected chi connectivity index (χ1v) is 9.75. The second-order valence-corrected chi connectivity index (χ2v) is 7.13. The van der Waals surface area contributed by atoms with E-state index in [1.807, 2.05) is 78.2 Å². The number of rotatable bonds is 6. The van der Waals surface area contributed by atoms with Gasteiger partial charge in [-0.3, -0.25) is 19.1 Å². The molecule has 150 valence electrons. The summed E-state index contributed by atoms with van der Waals surface area (Å²) in [6.07, 6.45) is 0.462. The number of fused-ring (bicyclic) bond motifs is 1. The van der Waals surface area contributed by atoms with Gasteiger partial charge in [-0.25, -0.2) is 0 Å². The number of primary amides is 1. The number of hydrogen-bond acceptors (Lipinski definition) is 4. The Labute approximate surface area is 174 Å². The Morgan fingerprint density at radius 2 is 1.70 bits per heavy atom. The van der Waals surface area contributed by atoms with Crippen molar-refractivity contribution in [3.63, 3.8) is 0 Å². The number of anilines is 2. The van der Waals surface area contributed by atoms with E-state index in [4.69, 9.17) is 5.73 Å². The molecule has 0 saturated heterocycles. The van der Waals surface area contributed by atoms with Crippen LogP contribution in [0.3, 0.4) is 0 Å². The summed E-state index contributed by atoms with van der Waals surface area (Å²) in [5, 5.41) is 3.87. The van der Waals surface area contributed by atoms with Crippen LogP contribution in [0, 0.1) is 6.92 Å². The maximum atomic E-state index is 13.1. The number of amides is 1. The molecule has 0 unspecified atom stereocenters. The van der Waals surface area contributed by atoms with Crippen LogP contribution in [0.4, 0.5) is 11.5 Å². The number of pyridine rings is 2. The van der Waals surface area contributed by atoms with Gasteiger partial charge in [0, 0.05) is 29.6 Å². The molecule has 2 aromatic carbocycles. The van der Waals surface area contributed by atoms with Gasteiger partial charge in [0.1, 0.15) is 5.82 Å². The highest BCUT2D eigenvalue weighted by atomic mass is 16.1. The minimum atomic E-state index is -0.419. The lowest BCUT2D eigenvalue weighted by Crippen LogP contribution is -2.17. The van der Waals surface area contributed by atoms with E-state index in [-0.39, 0.29) is 11.8 Å². The lowest BCUT2D eigenvalue weighted by molar-refractivity contribution is -0.118. The van der Waals surface area contributed by atoms with Crippen LogP contribution in [0.1, 0.15) is 17.8 Å². The predicted molar refractivity (Wildman–Crippen MR) is 119 cm³/mol. The number of aromatic nitrogens is 2. The molecule has 30 heavy (non-hydrogen) atoms. The highest BCUT2D eigenvalue weighted by Gasteiger charge is 2.16. The average Bonchev–Trinajstić information content (AvgIpc) is 2.73. The summed E-state index contributed by atoms with van der Waals surface area (Å²) in [5.41, 5.74) is 9.06. The SMILES string of the molecule is Cc1cc2c(c(CCC(N)=O)n1)c(=O)cc(Nc1ccccc1)n2-c1ccccc1. The Hall–Kier alpha value is -3.93. The van der Waals surface area contributed by atoms with Crippen LogP contribution in [0.15, 0.2) is 77.6 Å². The highest BCUT2D eigenvalue weighted by Crippen LogP contribution is 2.27. The first-order chi connectivity index (χ1) is 14.5. The number of carbonyl (C=O) groups is 1. The number of carbonyl (C=O) groups excluding carboxylic acids is 1. The summed E-state index contributed by atoms with van der Waals surface area (Å²) in [4.78, 5) is 29.0. The molecule has 0 atom stereocenters. The van der Waals surface area contributed by atoms with Gasteiger partial charge in [-0.2, -0.15) is 0 Å². The van der Waals surface area contributed by atoms with Crippen molar-refractivity contribution in [2.75, 3.05) is 5.32 Å². The van der Waals surface area contributed by atoms with Gasteiger partial charge in [0.25, 0.3) is 0 Å². The lowest BCUT2D eigenvalue weighted by Gasteiger charge is -2.20. The Balaban J connectivity index is 2.00. The lowest BCUT2D eigenvalue weighted by atomic mass is 10.1. The summed E-state index contributed by atoms with van der Waals surface area (Å²) in [6, 6.07) is 23.0. The van der Waals surface area contributed by atoms with E-state index in [0.717, 1.165) is 22.6 Å². The standard InChI is InChI=1S/C24H22N4O2/c1-16-14-20-24(19(26-16)12-13-22(25)30)21(29)15-23(27-17-8-4-2-5-9-17)28(20)18-10-6-3-7-11-18/h2-11,14-15,27H,12-13H2,1H3,(H2,25,30). The maximum absolute atomic E-state index is 13.1. The summed E-state index contributed by atoms with van der Waals surface area (Å²) in [7, 11) is 0. The largest absolute Gasteiger partial charge is 0.370 e. The van der Waals surface area contributed by atoms with Crippen LogP contribution in [0.25, 0.3) is 16.6 Å². The van der Waals surface area contributed by atoms with Gasteiger partial charge < -0.3 is 11.1 Å². The summed E-state index contributed by atoms with van der Waals surface area (Å²) < 4.78 is 2.01. The van der Waals surface area contributed by atoms with Crippen molar-refractivity contribution in [2.45, 2.75) is 19.8 Å². The van der Waals surface area contributed by atoms with Crippen LogP contribution in [0.2, 0.25) is 0 Å². The van der Waals surface area contributed by atoms with Crippen LogP contribution in [-0.4, -0.2) is 15.5 Å². The second kappa shape index (κ2) is 8.21. The number of nitrogens with one attached hydrogen (secondary N) is 1. The molecule has 6 heteroatoms. The molecule has 2 heterocycles. The fraction of sp³-hybridized carbons (Fsp3) is 0.125. The van der Waals surface area contributed by atoms with Gasteiger partial charge in [0.05, 0.1) is 16.6 Å². The number of aryl methyl sites for hydroxylation is 2. The number of nitrogens with zero attached hydrogens (tertiary/aromatic N) is 2. The number of benzene rings is 2. The van der Waals surface area contributed by atoms with Crippen molar-refractivity contribution >= 4 is 28.3 Å². The van der Waals surface area contributed by atoms with Crippen molar-refractivity contribution in [2.24, 2.45) is 5.73 Å². The second-order valence-electron chi connectivity index (χ2n) is 7.13. The Morgan fingerprint density at radius 1 is 1.03 bits per heavy atom. The monoisotopic (exact) mass is 398 g/mol. The number of hydrogen-bond donors (Lipinski definition) is 2. The van der Waals surface area contributed by atoms with Crippen molar-refractivity contribution < 1.29 is 4.79 Å². The summed E-state index contributed by atoms with van der Waals surface area (Å²) >= 11 is 0. The molecule has 0 fully saturated rings. The fourth-order valence-electron chi connectivity index (χ4n) is 3.59. The Kier molecular flexibility index (Phi) is 5.30. The van der Waals surface area contributed by atoms with Gasteiger partial charge >= 0.3 is 0 Å². The van der Waals surface area contributed by atoms with Crippen molar-refractivity contribution in [3.8, 4) is 5.69 Å². The number of nitrogens with two attached hydrogens (primary N) is 1. The van der Waals surface area contributed by atoms with E-state index in [2.05, 4.69) is 10.3 Å². The van der Waals surface area contributed by atoms with Crippen molar-refractivity contribution in [1.29, 1.82) is 0 Å². The molecule has 2 aromatic heterocycles. The van der Waals surface area contributed by atoms with Crippen LogP contribution < -0.4 is 16.5 Å². The molecular formula is C24H22N4O2. The Morgan fingerprint density at radius 3 is 2.37 bits per heavy atom. The van der Waals surface area contributed by atoms with Crippen LogP contribution >= 0.6 is 0 Å². The molecule has 0 spiro atoms. The molecule has 4 rings (SSSR count).